The summed E-state index contributed by atoms with van der Waals surface area (Å²) in [5, 5.41) is 0.940. The third-order valence-electron chi connectivity index (χ3n) is 3.55. The number of ether oxygens (including phenoxy) is 1. The Morgan fingerprint density at radius 3 is 2.50 bits per heavy atom. The fourth-order valence-electron chi connectivity index (χ4n) is 2.47. The molecule has 1 atom stereocenters. The molecule has 0 aromatic carbocycles. The Morgan fingerprint density at radius 2 is 1.94 bits per heavy atom. The second-order valence-corrected chi connectivity index (χ2v) is 7.65. The highest BCUT2D eigenvalue weighted by molar-refractivity contribution is 9.09. The van der Waals surface area contributed by atoms with Crippen molar-refractivity contribution in [3.63, 3.8) is 0 Å². The predicted octanol–water partition coefficient (Wildman–Crippen LogP) is 0.508. The summed E-state index contributed by atoms with van der Waals surface area (Å²) < 4.78 is 31.5. The maximum absolute atomic E-state index is 12.2. The number of rotatable bonds is 5. The summed E-state index contributed by atoms with van der Waals surface area (Å²) in [5.41, 5.74) is 0. The van der Waals surface area contributed by atoms with Gasteiger partial charge in [0.05, 0.1) is 11.9 Å². The summed E-state index contributed by atoms with van der Waals surface area (Å²) in [6.07, 6.45) is 1.78. The zero-order valence-corrected chi connectivity index (χ0v) is 13.0. The van der Waals surface area contributed by atoms with Gasteiger partial charge < -0.3 is 4.74 Å². The topological polar surface area (TPSA) is 49.9 Å². The molecule has 2 fully saturated rings. The maximum Gasteiger partial charge on any atom is 0.216 e. The minimum atomic E-state index is -3.14. The van der Waals surface area contributed by atoms with E-state index in [4.69, 9.17) is 4.74 Å². The highest BCUT2D eigenvalue weighted by Crippen LogP contribution is 2.17. The predicted molar refractivity (Wildman–Crippen MR) is 74.6 cm³/mol. The van der Waals surface area contributed by atoms with E-state index < -0.39 is 10.0 Å². The molecule has 2 heterocycles. The highest BCUT2D eigenvalue weighted by Gasteiger charge is 2.30. The number of nitrogens with zero attached hydrogens (tertiary/aromatic N) is 2. The van der Waals surface area contributed by atoms with Crippen molar-refractivity contribution >= 4 is 26.0 Å². The lowest BCUT2D eigenvalue weighted by molar-refractivity contribution is 0.125. The molecule has 0 saturated carbocycles. The lowest BCUT2D eigenvalue weighted by Crippen LogP contribution is -2.50. The molecule has 2 aliphatic heterocycles. The van der Waals surface area contributed by atoms with E-state index in [1.54, 1.807) is 4.31 Å². The number of piperazine rings is 1. The molecule has 7 heteroatoms. The van der Waals surface area contributed by atoms with Crippen molar-refractivity contribution < 1.29 is 13.2 Å². The van der Waals surface area contributed by atoms with E-state index in [-0.39, 0.29) is 11.9 Å². The molecular formula is C11H21BrN2O3S. The Kier molecular flexibility index (Phi) is 5.44. The van der Waals surface area contributed by atoms with E-state index >= 15 is 0 Å². The van der Waals surface area contributed by atoms with Crippen molar-refractivity contribution in [1.82, 2.24) is 9.21 Å². The smallest absolute Gasteiger partial charge is 0.216 e. The van der Waals surface area contributed by atoms with E-state index in [9.17, 15) is 8.42 Å². The molecule has 106 valence electrons. The molecule has 5 nitrogen and oxygen atoms in total. The van der Waals surface area contributed by atoms with Gasteiger partial charge in [-0.3, -0.25) is 4.90 Å². The van der Waals surface area contributed by atoms with Gasteiger partial charge in [-0.05, 0) is 12.8 Å². The van der Waals surface area contributed by atoms with Crippen molar-refractivity contribution in [2.24, 2.45) is 0 Å². The monoisotopic (exact) mass is 340 g/mol. The first-order chi connectivity index (χ1) is 8.62. The zero-order chi connectivity index (χ0) is 13.0. The van der Waals surface area contributed by atoms with Crippen LogP contribution in [0.25, 0.3) is 0 Å². The van der Waals surface area contributed by atoms with Gasteiger partial charge in [0.25, 0.3) is 0 Å². The first kappa shape index (κ1) is 14.7. The van der Waals surface area contributed by atoms with Gasteiger partial charge in [-0.25, -0.2) is 8.42 Å². The fourth-order valence-corrected chi connectivity index (χ4v) is 4.63. The van der Waals surface area contributed by atoms with Crippen molar-refractivity contribution in [2.75, 3.05) is 50.4 Å². The van der Waals surface area contributed by atoms with Crippen LogP contribution in [0.15, 0.2) is 0 Å². The lowest BCUT2D eigenvalue weighted by Gasteiger charge is -2.34. The minimum absolute atomic E-state index is 0.0874. The Balaban J connectivity index is 1.83. The van der Waals surface area contributed by atoms with Gasteiger partial charge in [0.15, 0.2) is 0 Å². The van der Waals surface area contributed by atoms with Crippen LogP contribution in [-0.4, -0.2) is 74.1 Å². The van der Waals surface area contributed by atoms with Crippen LogP contribution in [-0.2, 0) is 14.8 Å². The maximum atomic E-state index is 12.2. The van der Waals surface area contributed by atoms with Gasteiger partial charge in [0.1, 0.15) is 0 Å². The number of sulfonamides is 1. The second kappa shape index (κ2) is 6.65. The molecule has 0 aromatic rings. The van der Waals surface area contributed by atoms with E-state index in [0.29, 0.717) is 19.7 Å². The molecule has 0 radical (unpaired) electrons. The average Bonchev–Trinajstić information content (AvgIpc) is 2.82. The van der Waals surface area contributed by atoms with Crippen LogP contribution < -0.4 is 0 Å². The summed E-state index contributed by atoms with van der Waals surface area (Å²) >= 11 is 3.41. The van der Waals surface area contributed by atoms with Gasteiger partial charge in [0, 0.05) is 44.7 Å². The van der Waals surface area contributed by atoms with E-state index in [2.05, 4.69) is 20.8 Å². The largest absolute Gasteiger partial charge is 0.377 e. The van der Waals surface area contributed by atoms with Crippen LogP contribution in [0.3, 0.4) is 0 Å². The van der Waals surface area contributed by atoms with Crippen molar-refractivity contribution in [1.29, 1.82) is 0 Å². The lowest BCUT2D eigenvalue weighted by atomic mass is 10.3. The van der Waals surface area contributed by atoms with Crippen molar-refractivity contribution in [3.05, 3.63) is 0 Å². The molecule has 0 aromatic heterocycles. The van der Waals surface area contributed by atoms with Crippen LogP contribution >= 0.6 is 15.9 Å². The van der Waals surface area contributed by atoms with Gasteiger partial charge >= 0.3 is 0 Å². The van der Waals surface area contributed by atoms with Gasteiger partial charge in [-0.2, -0.15) is 4.31 Å². The number of hydrogen-bond acceptors (Lipinski definition) is 4. The molecule has 2 aliphatic rings. The Morgan fingerprint density at radius 1 is 1.22 bits per heavy atom. The number of alkyl halides is 1. The molecule has 0 bridgehead atoms. The summed E-state index contributed by atoms with van der Waals surface area (Å²) in [6.45, 7) is 4.58. The highest BCUT2D eigenvalue weighted by atomic mass is 79.9. The molecule has 0 aliphatic carbocycles. The van der Waals surface area contributed by atoms with Crippen molar-refractivity contribution in [3.8, 4) is 0 Å². The van der Waals surface area contributed by atoms with E-state index in [1.165, 1.54) is 0 Å². The molecule has 1 unspecified atom stereocenters. The molecule has 0 spiro atoms. The SMILES string of the molecule is O=S(=O)(CC1CCCO1)N1CCN(CCBr)CC1. The van der Waals surface area contributed by atoms with Gasteiger partial charge in [0.2, 0.25) is 10.0 Å². The van der Waals surface area contributed by atoms with Gasteiger partial charge in [-0.15, -0.1) is 0 Å². The van der Waals surface area contributed by atoms with E-state index in [1.807, 2.05) is 0 Å². The second-order valence-electron chi connectivity index (χ2n) is 4.84. The standard InChI is InChI=1S/C11H21BrN2O3S/c12-3-4-13-5-7-14(8-6-13)18(15,16)10-11-2-1-9-17-11/h11H,1-10H2. The van der Waals surface area contributed by atoms with E-state index in [0.717, 1.165) is 37.8 Å². The third kappa shape index (κ3) is 3.90. The summed E-state index contributed by atoms with van der Waals surface area (Å²) in [5.74, 6) is 0.158. The summed E-state index contributed by atoms with van der Waals surface area (Å²) in [7, 11) is -3.14. The first-order valence-electron chi connectivity index (χ1n) is 6.49. The minimum Gasteiger partial charge on any atom is -0.377 e. The van der Waals surface area contributed by atoms with Crippen LogP contribution in [0.1, 0.15) is 12.8 Å². The molecule has 0 N–H and O–H groups in total. The van der Waals surface area contributed by atoms with Crippen LogP contribution in [0.4, 0.5) is 0 Å². The van der Waals surface area contributed by atoms with Crippen LogP contribution in [0.2, 0.25) is 0 Å². The zero-order valence-electron chi connectivity index (χ0n) is 10.6. The molecule has 2 saturated heterocycles. The van der Waals surface area contributed by atoms with Crippen molar-refractivity contribution in [2.45, 2.75) is 18.9 Å². The first-order valence-corrected chi connectivity index (χ1v) is 9.22. The Bertz CT molecular complexity index is 349. The number of halogens is 1. The number of hydrogen-bond donors (Lipinski definition) is 0. The van der Waals surface area contributed by atoms with Gasteiger partial charge in [-0.1, -0.05) is 15.9 Å². The fraction of sp³-hybridized carbons (Fsp3) is 1.00. The molecule has 0 amide bonds. The average molecular weight is 341 g/mol. The summed E-state index contributed by atoms with van der Waals surface area (Å²) in [4.78, 5) is 2.28. The Labute approximate surface area is 118 Å². The molecule has 18 heavy (non-hydrogen) atoms. The Hall–Kier alpha value is 0.310. The third-order valence-corrected chi connectivity index (χ3v) is 5.85. The van der Waals surface area contributed by atoms with Crippen LogP contribution in [0.5, 0.6) is 0 Å². The normalized spacial score (nSPS) is 27.7. The molecular weight excluding hydrogens is 320 g/mol. The molecule has 2 rings (SSSR count). The van der Waals surface area contributed by atoms with Crippen LogP contribution in [0, 0.1) is 0 Å². The quantitative estimate of drug-likeness (QED) is 0.684. The summed E-state index contributed by atoms with van der Waals surface area (Å²) in [6, 6.07) is 0.